The van der Waals surface area contributed by atoms with Gasteiger partial charge in [0.05, 0.1) is 0 Å². The van der Waals surface area contributed by atoms with Crippen molar-refractivity contribution in [3.8, 4) is 0 Å². The maximum Gasteiger partial charge on any atom is 0.514 e. The second kappa shape index (κ2) is 1.82. The number of hydrogen-bond donors (Lipinski definition) is 1. The second-order valence-corrected chi connectivity index (χ2v) is 2.65. The van der Waals surface area contributed by atoms with Crippen LogP contribution in [-0.4, -0.2) is 13.0 Å². The minimum atomic E-state index is -4.14. The normalized spacial score (nSPS) is 11.7. The van der Waals surface area contributed by atoms with Crippen LogP contribution < -0.4 is 3.97 Å². The summed E-state index contributed by atoms with van der Waals surface area (Å²) in [4.78, 5) is 0. The summed E-state index contributed by atoms with van der Waals surface area (Å²) in [6.45, 7) is 0. The molecule has 0 unspecified atom stereocenters. The molecular formula is C3H4NO4S+. The molecular weight excluding hydrogens is 146 g/mol. The van der Waals surface area contributed by atoms with E-state index in [-0.39, 0.29) is 0 Å². The number of hydrogen-bond acceptors (Lipinski definition) is 3. The third-order valence-electron chi connectivity index (χ3n) is 0.718. The fraction of sp³-hybridized carbons (Fsp3) is 0. The van der Waals surface area contributed by atoms with Crippen molar-refractivity contribution in [1.29, 1.82) is 0 Å². The van der Waals surface area contributed by atoms with Gasteiger partial charge in [-0.15, -0.1) is 8.42 Å². The first-order valence-corrected chi connectivity index (χ1v) is 3.42. The number of oxazole rings is 1. The first kappa shape index (κ1) is 6.24. The molecule has 1 aromatic heterocycles. The van der Waals surface area contributed by atoms with Gasteiger partial charge in [-0.1, -0.05) is 0 Å². The van der Waals surface area contributed by atoms with Gasteiger partial charge in [-0.3, -0.25) is 0 Å². The lowest BCUT2D eigenvalue weighted by Crippen LogP contribution is -2.39. The van der Waals surface area contributed by atoms with E-state index < -0.39 is 10.3 Å². The molecule has 1 N–H and O–H groups in total. The van der Waals surface area contributed by atoms with Crippen molar-refractivity contribution < 1.29 is 21.4 Å². The van der Waals surface area contributed by atoms with E-state index in [2.05, 4.69) is 4.42 Å². The van der Waals surface area contributed by atoms with Crippen LogP contribution in [0.4, 0.5) is 0 Å². The fourth-order valence-corrected chi connectivity index (χ4v) is 0.719. The zero-order valence-corrected chi connectivity index (χ0v) is 5.08. The smallest absolute Gasteiger partial charge is 0.411 e. The topological polar surface area (TPSA) is 71.4 Å². The summed E-state index contributed by atoms with van der Waals surface area (Å²) in [5.74, 6) is 0. The quantitative estimate of drug-likeness (QED) is 0.421. The van der Waals surface area contributed by atoms with Gasteiger partial charge in [0.15, 0.2) is 6.26 Å². The standard InChI is InChI=1S/C3H3NO4S/c5-9(6,7)4-1-2-8-3-4/h1-3H/p+1. The predicted octanol–water partition coefficient (Wildman–Crippen LogP) is -0.782. The Morgan fingerprint density at radius 1 is 1.56 bits per heavy atom. The van der Waals surface area contributed by atoms with Crippen LogP contribution in [0.5, 0.6) is 0 Å². The molecule has 0 spiro atoms. The average molecular weight is 150 g/mol. The van der Waals surface area contributed by atoms with Gasteiger partial charge >= 0.3 is 16.7 Å². The van der Waals surface area contributed by atoms with E-state index in [0.29, 0.717) is 3.97 Å². The van der Waals surface area contributed by atoms with Crippen molar-refractivity contribution in [3.05, 3.63) is 18.9 Å². The minimum absolute atomic E-state index is 0.549. The molecule has 0 aliphatic rings. The number of rotatable bonds is 1. The molecule has 9 heavy (non-hydrogen) atoms. The van der Waals surface area contributed by atoms with Gasteiger partial charge in [0.25, 0.3) is 0 Å². The van der Waals surface area contributed by atoms with Crippen LogP contribution in [0.2, 0.25) is 0 Å². The molecule has 0 aliphatic heterocycles. The van der Waals surface area contributed by atoms with Gasteiger partial charge in [-0.2, -0.15) is 0 Å². The average Bonchev–Trinajstić information content (AvgIpc) is 2.08. The van der Waals surface area contributed by atoms with Gasteiger partial charge in [0.2, 0.25) is 6.20 Å². The molecule has 5 nitrogen and oxygen atoms in total. The van der Waals surface area contributed by atoms with Crippen LogP contribution in [0.3, 0.4) is 0 Å². The molecule has 0 fully saturated rings. The van der Waals surface area contributed by atoms with Gasteiger partial charge < -0.3 is 4.42 Å². The highest BCUT2D eigenvalue weighted by Gasteiger charge is 2.17. The first-order valence-electron chi connectivity index (χ1n) is 2.02. The Morgan fingerprint density at radius 2 is 2.22 bits per heavy atom. The van der Waals surface area contributed by atoms with Crippen molar-refractivity contribution >= 4 is 10.3 Å². The Bertz CT molecular complexity index is 273. The second-order valence-electron chi connectivity index (χ2n) is 1.33. The van der Waals surface area contributed by atoms with E-state index in [1.54, 1.807) is 0 Å². The van der Waals surface area contributed by atoms with E-state index in [9.17, 15) is 8.42 Å². The fourth-order valence-electron chi connectivity index (χ4n) is 0.357. The van der Waals surface area contributed by atoms with Crippen LogP contribution >= 0.6 is 0 Å². The van der Waals surface area contributed by atoms with E-state index in [0.717, 1.165) is 18.9 Å². The monoisotopic (exact) mass is 150 g/mol. The van der Waals surface area contributed by atoms with Crippen molar-refractivity contribution in [2.45, 2.75) is 0 Å². The number of nitrogens with zero attached hydrogens (tertiary/aromatic N) is 1. The Morgan fingerprint density at radius 3 is 2.44 bits per heavy atom. The summed E-state index contributed by atoms with van der Waals surface area (Å²) in [5, 5.41) is 0. The minimum Gasteiger partial charge on any atom is -0.411 e. The molecule has 50 valence electrons. The van der Waals surface area contributed by atoms with Crippen molar-refractivity contribution in [2.24, 2.45) is 0 Å². The Kier molecular flexibility index (Phi) is 1.26. The van der Waals surface area contributed by atoms with E-state index in [1.165, 1.54) is 0 Å². The first-order chi connectivity index (χ1) is 4.11. The highest BCUT2D eigenvalue weighted by atomic mass is 32.2. The van der Waals surface area contributed by atoms with Gasteiger partial charge in [-0.25, -0.2) is 4.55 Å². The summed E-state index contributed by atoms with van der Waals surface area (Å²) in [6, 6.07) is 0. The van der Waals surface area contributed by atoms with Crippen LogP contribution in [0, 0.1) is 0 Å². The van der Waals surface area contributed by atoms with Crippen molar-refractivity contribution in [1.82, 2.24) is 0 Å². The third-order valence-corrected chi connectivity index (χ3v) is 1.46. The summed E-state index contributed by atoms with van der Waals surface area (Å²) < 4.78 is 33.5. The molecule has 0 amide bonds. The molecule has 1 aromatic rings. The molecule has 0 radical (unpaired) electrons. The molecule has 1 heterocycles. The predicted molar refractivity (Wildman–Crippen MR) is 25.8 cm³/mol. The van der Waals surface area contributed by atoms with Crippen LogP contribution in [0.15, 0.2) is 23.3 Å². The molecule has 0 bridgehead atoms. The van der Waals surface area contributed by atoms with Gasteiger partial charge in [0.1, 0.15) is 0 Å². The zero-order valence-electron chi connectivity index (χ0n) is 4.26. The van der Waals surface area contributed by atoms with Crippen molar-refractivity contribution in [2.75, 3.05) is 0 Å². The molecule has 0 saturated heterocycles. The Labute approximate surface area is 51.4 Å². The Hall–Kier alpha value is -0.880. The van der Waals surface area contributed by atoms with Crippen LogP contribution in [0.25, 0.3) is 0 Å². The summed E-state index contributed by atoms with van der Waals surface area (Å²) in [5.41, 5.74) is 0. The largest absolute Gasteiger partial charge is 0.514 e. The molecule has 0 aliphatic carbocycles. The SMILES string of the molecule is O=S(=O)(O)[n+]1ccoc1. The number of aromatic nitrogens is 1. The van der Waals surface area contributed by atoms with E-state index >= 15 is 0 Å². The lowest BCUT2D eigenvalue weighted by molar-refractivity contribution is -0.523. The third kappa shape index (κ3) is 1.27. The van der Waals surface area contributed by atoms with E-state index in [1.807, 2.05) is 0 Å². The van der Waals surface area contributed by atoms with Crippen LogP contribution in [0.1, 0.15) is 0 Å². The molecule has 1 rings (SSSR count). The van der Waals surface area contributed by atoms with E-state index in [4.69, 9.17) is 4.55 Å². The molecule has 0 aromatic carbocycles. The maximum atomic E-state index is 10.2. The highest BCUT2D eigenvalue weighted by molar-refractivity contribution is 7.79. The Balaban J connectivity index is 3.20. The van der Waals surface area contributed by atoms with Gasteiger partial charge in [0, 0.05) is 0 Å². The van der Waals surface area contributed by atoms with Gasteiger partial charge in [-0.05, 0) is 3.97 Å². The molecule has 0 atom stereocenters. The molecule has 0 saturated carbocycles. The summed E-state index contributed by atoms with van der Waals surface area (Å²) in [7, 11) is -4.14. The highest BCUT2D eigenvalue weighted by Crippen LogP contribution is 1.78. The summed E-state index contributed by atoms with van der Waals surface area (Å²) >= 11 is 0. The zero-order chi connectivity index (χ0) is 6.91. The lowest BCUT2D eigenvalue weighted by atomic mass is 11.0. The summed E-state index contributed by atoms with van der Waals surface area (Å²) in [6.07, 6.45) is 3.08. The molecule has 6 heteroatoms. The maximum absolute atomic E-state index is 10.2. The van der Waals surface area contributed by atoms with Crippen LogP contribution in [-0.2, 0) is 10.3 Å². The van der Waals surface area contributed by atoms with Crippen molar-refractivity contribution in [3.63, 3.8) is 0 Å². The lowest BCUT2D eigenvalue weighted by Gasteiger charge is -1.76.